The predicted molar refractivity (Wildman–Crippen MR) is 77.6 cm³/mol. The zero-order valence-electron chi connectivity index (χ0n) is 11.8. The van der Waals surface area contributed by atoms with E-state index in [-0.39, 0.29) is 0 Å². The lowest BCUT2D eigenvalue weighted by Gasteiger charge is -2.09. The largest absolute Gasteiger partial charge is 0.494 e. The van der Waals surface area contributed by atoms with Gasteiger partial charge in [0.05, 0.1) is 6.61 Å². The minimum Gasteiger partial charge on any atom is -0.494 e. The fourth-order valence-corrected chi connectivity index (χ4v) is 1.87. The Morgan fingerprint density at radius 1 is 1.30 bits per heavy atom. The van der Waals surface area contributed by atoms with Crippen LogP contribution >= 0.6 is 0 Å². The molecule has 0 spiro atoms. The zero-order valence-corrected chi connectivity index (χ0v) is 11.8. The molecule has 1 aromatic heterocycles. The van der Waals surface area contributed by atoms with Gasteiger partial charge in [0.15, 0.2) is 5.82 Å². The number of hydrogen-bond donors (Lipinski definition) is 1. The number of benzene rings is 1. The summed E-state index contributed by atoms with van der Waals surface area (Å²) in [5.74, 6) is 2.00. The van der Waals surface area contributed by atoms with Crippen LogP contribution in [-0.2, 0) is 0 Å². The van der Waals surface area contributed by atoms with Gasteiger partial charge in [-0.3, -0.25) is 0 Å². The maximum Gasteiger partial charge on any atom is 0.162 e. The Balaban J connectivity index is 2.46. The van der Waals surface area contributed by atoms with E-state index in [2.05, 4.69) is 15.3 Å². The molecule has 1 N–H and O–H groups in total. The fourth-order valence-electron chi connectivity index (χ4n) is 1.87. The summed E-state index contributed by atoms with van der Waals surface area (Å²) in [6.45, 7) is 4.55. The number of hydrogen-bond acceptors (Lipinski definition) is 5. The molecule has 0 bridgehead atoms. The van der Waals surface area contributed by atoms with Crippen LogP contribution in [0.15, 0.2) is 24.3 Å². The fraction of sp³-hybridized carbons (Fsp3) is 0.267. The SMILES string of the molecule is CCOc1ccc(-c2nc(C#N)cc(NC)n2)cc1C. The Bertz CT molecular complexity index is 661. The molecule has 0 atom stereocenters. The van der Waals surface area contributed by atoms with E-state index in [0.717, 1.165) is 16.9 Å². The monoisotopic (exact) mass is 268 g/mol. The first kappa shape index (κ1) is 13.8. The van der Waals surface area contributed by atoms with E-state index in [9.17, 15) is 0 Å². The Morgan fingerprint density at radius 3 is 2.70 bits per heavy atom. The first-order chi connectivity index (χ1) is 9.67. The highest BCUT2D eigenvalue weighted by Crippen LogP contribution is 2.25. The van der Waals surface area contributed by atoms with Crippen LogP contribution in [-0.4, -0.2) is 23.6 Å². The van der Waals surface area contributed by atoms with Gasteiger partial charge in [-0.2, -0.15) is 5.26 Å². The van der Waals surface area contributed by atoms with E-state index < -0.39 is 0 Å². The van der Waals surface area contributed by atoms with E-state index in [4.69, 9.17) is 10.00 Å². The predicted octanol–water partition coefficient (Wildman–Crippen LogP) is 2.76. The average Bonchev–Trinajstić information content (AvgIpc) is 2.48. The van der Waals surface area contributed by atoms with Crippen LogP contribution in [0.3, 0.4) is 0 Å². The summed E-state index contributed by atoms with van der Waals surface area (Å²) in [5.41, 5.74) is 2.21. The molecule has 0 saturated heterocycles. The minimum absolute atomic E-state index is 0.339. The molecular formula is C15H16N4O. The lowest BCUT2D eigenvalue weighted by molar-refractivity contribution is 0.338. The van der Waals surface area contributed by atoms with Gasteiger partial charge in [-0.25, -0.2) is 9.97 Å². The van der Waals surface area contributed by atoms with Gasteiger partial charge in [0, 0.05) is 18.7 Å². The molecule has 2 rings (SSSR count). The maximum absolute atomic E-state index is 9.01. The number of ether oxygens (including phenoxy) is 1. The number of anilines is 1. The topological polar surface area (TPSA) is 70.8 Å². The zero-order chi connectivity index (χ0) is 14.5. The second kappa shape index (κ2) is 6.02. The number of rotatable bonds is 4. The van der Waals surface area contributed by atoms with Crippen molar-refractivity contribution < 1.29 is 4.74 Å². The number of aryl methyl sites for hydroxylation is 1. The molecule has 0 aliphatic rings. The van der Waals surface area contributed by atoms with Gasteiger partial charge in [0.25, 0.3) is 0 Å². The Hall–Kier alpha value is -2.61. The lowest BCUT2D eigenvalue weighted by atomic mass is 10.1. The third kappa shape index (κ3) is 2.86. The Labute approximate surface area is 118 Å². The van der Waals surface area contributed by atoms with Crippen LogP contribution in [0.25, 0.3) is 11.4 Å². The smallest absolute Gasteiger partial charge is 0.162 e. The molecule has 0 aliphatic carbocycles. The molecule has 0 unspecified atom stereocenters. The van der Waals surface area contributed by atoms with Crippen LogP contribution in [0.2, 0.25) is 0 Å². The van der Waals surface area contributed by atoms with Crippen molar-refractivity contribution in [1.29, 1.82) is 5.26 Å². The highest BCUT2D eigenvalue weighted by molar-refractivity contribution is 5.61. The Morgan fingerprint density at radius 2 is 2.10 bits per heavy atom. The quantitative estimate of drug-likeness (QED) is 0.923. The van der Waals surface area contributed by atoms with Gasteiger partial charge in [-0.15, -0.1) is 0 Å². The molecule has 2 aromatic rings. The highest BCUT2D eigenvalue weighted by atomic mass is 16.5. The van der Waals surface area contributed by atoms with Gasteiger partial charge < -0.3 is 10.1 Å². The lowest BCUT2D eigenvalue weighted by Crippen LogP contribution is -2.00. The van der Waals surface area contributed by atoms with Crippen molar-refractivity contribution >= 4 is 5.82 Å². The van der Waals surface area contributed by atoms with Crippen molar-refractivity contribution in [2.45, 2.75) is 13.8 Å². The standard InChI is InChI=1S/C15H16N4O/c1-4-20-13-6-5-11(7-10(13)2)15-18-12(9-16)8-14(17-3)19-15/h5-8H,4H2,1-3H3,(H,17,18,19). The molecule has 5 nitrogen and oxygen atoms in total. The molecular weight excluding hydrogens is 252 g/mol. The summed E-state index contributed by atoms with van der Waals surface area (Å²) < 4.78 is 5.51. The summed E-state index contributed by atoms with van der Waals surface area (Å²) in [6.07, 6.45) is 0. The summed E-state index contributed by atoms with van der Waals surface area (Å²) >= 11 is 0. The third-order valence-electron chi connectivity index (χ3n) is 2.83. The highest BCUT2D eigenvalue weighted by Gasteiger charge is 2.08. The maximum atomic E-state index is 9.01. The van der Waals surface area contributed by atoms with E-state index in [0.29, 0.717) is 23.9 Å². The average molecular weight is 268 g/mol. The van der Waals surface area contributed by atoms with Gasteiger partial charge in [0.2, 0.25) is 0 Å². The van der Waals surface area contributed by atoms with Crippen LogP contribution in [0.4, 0.5) is 5.82 Å². The van der Waals surface area contributed by atoms with Crippen molar-refractivity contribution in [3.8, 4) is 23.2 Å². The van der Waals surface area contributed by atoms with E-state index >= 15 is 0 Å². The minimum atomic E-state index is 0.339. The molecule has 1 heterocycles. The third-order valence-corrected chi connectivity index (χ3v) is 2.83. The van der Waals surface area contributed by atoms with Gasteiger partial charge >= 0.3 is 0 Å². The summed E-state index contributed by atoms with van der Waals surface area (Å²) in [4.78, 5) is 8.61. The normalized spacial score (nSPS) is 9.90. The number of nitrogens with zero attached hydrogens (tertiary/aromatic N) is 3. The van der Waals surface area contributed by atoms with E-state index in [1.165, 1.54) is 0 Å². The van der Waals surface area contributed by atoms with E-state index in [1.54, 1.807) is 13.1 Å². The van der Waals surface area contributed by atoms with Crippen molar-refractivity contribution in [3.63, 3.8) is 0 Å². The van der Waals surface area contributed by atoms with E-state index in [1.807, 2.05) is 38.1 Å². The molecule has 1 aromatic carbocycles. The number of nitrogens with one attached hydrogen (secondary N) is 1. The molecule has 0 fully saturated rings. The molecule has 5 heteroatoms. The summed E-state index contributed by atoms with van der Waals surface area (Å²) in [5, 5.41) is 11.9. The van der Waals surface area contributed by atoms with Crippen molar-refractivity contribution in [3.05, 3.63) is 35.5 Å². The van der Waals surface area contributed by atoms with Gasteiger partial charge in [-0.1, -0.05) is 0 Å². The van der Waals surface area contributed by atoms with Crippen LogP contribution < -0.4 is 10.1 Å². The Kier molecular flexibility index (Phi) is 4.16. The number of nitriles is 1. The molecule has 0 saturated carbocycles. The van der Waals surface area contributed by atoms with Crippen LogP contribution in [0.5, 0.6) is 5.75 Å². The first-order valence-corrected chi connectivity index (χ1v) is 6.38. The first-order valence-electron chi connectivity index (χ1n) is 6.38. The number of aromatic nitrogens is 2. The van der Waals surface area contributed by atoms with Crippen molar-refractivity contribution in [2.24, 2.45) is 0 Å². The van der Waals surface area contributed by atoms with Crippen molar-refractivity contribution in [1.82, 2.24) is 9.97 Å². The molecule has 0 aliphatic heterocycles. The molecule has 0 radical (unpaired) electrons. The van der Waals surface area contributed by atoms with Crippen molar-refractivity contribution in [2.75, 3.05) is 19.0 Å². The van der Waals surface area contributed by atoms with Crippen LogP contribution in [0, 0.1) is 18.3 Å². The molecule has 102 valence electrons. The second-order valence-electron chi connectivity index (χ2n) is 4.24. The van der Waals surface area contributed by atoms with Gasteiger partial charge in [0.1, 0.15) is 23.3 Å². The molecule has 20 heavy (non-hydrogen) atoms. The second-order valence-corrected chi connectivity index (χ2v) is 4.24. The summed E-state index contributed by atoms with van der Waals surface area (Å²) in [6, 6.07) is 9.41. The molecule has 0 amide bonds. The van der Waals surface area contributed by atoms with Crippen LogP contribution in [0.1, 0.15) is 18.2 Å². The van der Waals surface area contributed by atoms with Gasteiger partial charge in [-0.05, 0) is 37.6 Å². The summed E-state index contributed by atoms with van der Waals surface area (Å²) in [7, 11) is 1.76.